The van der Waals surface area contributed by atoms with Crippen molar-refractivity contribution in [2.75, 3.05) is 13.1 Å². The van der Waals surface area contributed by atoms with Gasteiger partial charge in [-0.1, -0.05) is 13.3 Å². The topological polar surface area (TPSA) is 82.5 Å². The lowest BCUT2D eigenvalue weighted by molar-refractivity contribution is -0.148. The number of rotatable bonds is 5. The van der Waals surface area contributed by atoms with Crippen LogP contribution in [0.1, 0.15) is 44.2 Å². The van der Waals surface area contributed by atoms with Crippen LogP contribution in [-0.2, 0) is 4.79 Å². The van der Waals surface area contributed by atoms with Crippen LogP contribution in [0.5, 0.6) is 0 Å². The van der Waals surface area contributed by atoms with Crippen molar-refractivity contribution in [1.29, 1.82) is 0 Å². The van der Waals surface area contributed by atoms with Gasteiger partial charge in [0.1, 0.15) is 5.01 Å². The molecule has 0 aromatic carbocycles. The van der Waals surface area contributed by atoms with E-state index in [1.807, 2.05) is 19.2 Å². The molecule has 2 heterocycles. The summed E-state index contributed by atoms with van der Waals surface area (Å²) in [5.41, 5.74) is -0.781. The number of carbonyl (C=O) groups is 2. The van der Waals surface area contributed by atoms with Crippen LogP contribution in [0.4, 0.5) is 4.79 Å². The third kappa shape index (κ3) is 3.34. The molecule has 1 fully saturated rings. The first kappa shape index (κ1) is 15.8. The number of aromatic nitrogens is 1. The number of likely N-dealkylation sites (tertiary alicyclic amines) is 1. The third-order valence-corrected chi connectivity index (χ3v) is 4.94. The molecule has 0 aliphatic carbocycles. The van der Waals surface area contributed by atoms with E-state index < -0.39 is 11.4 Å². The third-order valence-electron chi connectivity index (χ3n) is 3.99. The molecule has 2 amide bonds. The first-order chi connectivity index (χ1) is 9.98. The maximum absolute atomic E-state index is 12.3. The minimum absolute atomic E-state index is 0.163. The van der Waals surface area contributed by atoms with E-state index >= 15 is 0 Å². The zero-order valence-electron chi connectivity index (χ0n) is 12.3. The summed E-state index contributed by atoms with van der Waals surface area (Å²) in [5.74, 6) is -0.798. The average Bonchev–Trinajstić information content (AvgIpc) is 3.09. The molecule has 1 aromatic heterocycles. The van der Waals surface area contributed by atoms with Gasteiger partial charge in [0, 0.05) is 24.7 Å². The summed E-state index contributed by atoms with van der Waals surface area (Å²) in [6.07, 6.45) is 3.63. The van der Waals surface area contributed by atoms with Gasteiger partial charge in [-0.25, -0.2) is 9.78 Å². The van der Waals surface area contributed by atoms with Crippen molar-refractivity contribution in [2.24, 2.45) is 5.41 Å². The fourth-order valence-electron chi connectivity index (χ4n) is 2.80. The van der Waals surface area contributed by atoms with Gasteiger partial charge < -0.3 is 15.3 Å². The molecule has 2 rings (SSSR count). The SMILES string of the molecule is CCCC1(C(=O)O)CCN(C(=O)NC(C)c2nccs2)C1. The van der Waals surface area contributed by atoms with Crippen LogP contribution in [0.2, 0.25) is 0 Å². The summed E-state index contributed by atoms with van der Waals surface area (Å²) < 4.78 is 0. The van der Waals surface area contributed by atoms with Gasteiger partial charge in [0.25, 0.3) is 0 Å². The van der Waals surface area contributed by atoms with E-state index in [0.29, 0.717) is 19.4 Å². The Morgan fingerprint density at radius 1 is 1.62 bits per heavy atom. The van der Waals surface area contributed by atoms with Crippen molar-refractivity contribution >= 4 is 23.3 Å². The first-order valence-corrected chi connectivity index (χ1v) is 8.05. The zero-order chi connectivity index (χ0) is 15.5. The predicted octanol–water partition coefficient (Wildman–Crippen LogP) is 2.49. The molecule has 1 aliphatic rings. The fraction of sp³-hybridized carbons (Fsp3) is 0.643. The molecule has 21 heavy (non-hydrogen) atoms. The molecule has 0 saturated carbocycles. The summed E-state index contributed by atoms with van der Waals surface area (Å²) in [6.45, 7) is 4.62. The number of hydrogen-bond acceptors (Lipinski definition) is 4. The molecule has 1 aromatic rings. The van der Waals surface area contributed by atoms with Crippen molar-refractivity contribution in [1.82, 2.24) is 15.2 Å². The van der Waals surface area contributed by atoms with E-state index in [-0.39, 0.29) is 18.6 Å². The summed E-state index contributed by atoms with van der Waals surface area (Å²) in [4.78, 5) is 29.6. The van der Waals surface area contributed by atoms with Gasteiger partial charge in [0.15, 0.2) is 0 Å². The molecule has 0 spiro atoms. The normalized spacial score (nSPS) is 23.0. The van der Waals surface area contributed by atoms with Crippen molar-refractivity contribution in [3.8, 4) is 0 Å². The van der Waals surface area contributed by atoms with Crippen molar-refractivity contribution in [2.45, 2.75) is 39.2 Å². The van der Waals surface area contributed by atoms with Crippen LogP contribution < -0.4 is 5.32 Å². The second-order valence-corrected chi connectivity index (χ2v) is 6.47. The zero-order valence-corrected chi connectivity index (χ0v) is 13.2. The largest absolute Gasteiger partial charge is 0.481 e. The number of amides is 2. The van der Waals surface area contributed by atoms with Crippen LogP contribution in [-0.4, -0.2) is 40.1 Å². The van der Waals surface area contributed by atoms with Crippen molar-refractivity contribution in [3.05, 3.63) is 16.6 Å². The lowest BCUT2D eigenvalue weighted by Gasteiger charge is -2.25. The van der Waals surface area contributed by atoms with Gasteiger partial charge in [-0.05, 0) is 19.8 Å². The number of carbonyl (C=O) groups excluding carboxylic acids is 1. The second kappa shape index (κ2) is 6.43. The van der Waals surface area contributed by atoms with Crippen LogP contribution >= 0.6 is 11.3 Å². The molecule has 6 nitrogen and oxygen atoms in total. The minimum Gasteiger partial charge on any atom is -0.481 e. The average molecular weight is 311 g/mol. The first-order valence-electron chi connectivity index (χ1n) is 7.17. The lowest BCUT2D eigenvalue weighted by atomic mass is 9.83. The van der Waals surface area contributed by atoms with Gasteiger partial charge in [0.05, 0.1) is 11.5 Å². The Kier molecular flexibility index (Phi) is 4.82. The summed E-state index contributed by atoms with van der Waals surface area (Å²) in [6, 6.07) is -0.375. The van der Waals surface area contributed by atoms with E-state index in [4.69, 9.17) is 0 Å². The molecule has 7 heteroatoms. The van der Waals surface area contributed by atoms with Crippen LogP contribution in [0.3, 0.4) is 0 Å². The van der Waals surface area contributed by atoms with E-state index in [1.165, 1.54) is 11.3 Å². The Hall–Kier alpha value is -1.63. The highest BCUT2D eigenvalue weighted by Gasteiger charge is 2.45. The number of urea groups is 1. The monoisotopic (exact) mass is 311 g/mol. The summed E-state index contributed by atoms with van der Waals surface area (Å²) in [5, 5.41) is 15.1. The standard InChI is InChI=1S/C14H21N3O3S/c1-3-4-14(12(18)19)5-7-17(9-14)13(20)16-10(2)11-15-6-8-21-11/h6,8,10H,3-5,7,9H2,1-2H3,(H,16,20)(H,18,19). The highest BCUT2D eigenvalue weighted by molar-refractivity contribution is 7.09. The van der Waals surface area contributed by atoms with Gasteiger partial charge in [0.2, 0.25) is 0 Å². The molecule has 0 bridgehead atoms. The molecular formula is C14H21N3O3S. The van der Waals surface area contributed by atoms with Gasteiger partial charge in [-0.15, -0.1) is 11.3 Å². The van der Waals surface area contributed by atoms with Crippen LogP contribution in [0, 0.1) is 5.41 Å². The van der Waals surface area contributed by atoms with Gasteiger partial charge in [-0.2, -0.15) is 0 Å². The number of hydrogen-bond donors (Lipinski definition) is 2. The van der Waals surface area contributed by atoms with Crippen LogP contribution in [0.25, 0.3) is 0 Å². The molecule has 2 atom stereocenters. The maximum Gasteiger partial charge on any atom is 0.317 e. The summed E-state index contributed by atoms with van der Waals surface area (Å²) >= 11 is 1.49. The van der Waals surface area contributed by atoms with Gasteiger partial charge in [-0.3, -0.25) is 4.79 Å². The Balaban J connectivity index is 1.97. The highest BCUT2D eigenvalue weighted by atomic mass is 32.1. The smallest absolute Gasteiger partial charge is 0.317 e. The Morgan fingerprint density at radius 3 is 2.95 bits per heavy atom. The summed E-state index contributed by atoms with van der Waals surface area (Å²) in [7, 11) is 0. The second-order valence-electron chi connectivity index (χ2n) is 5.55. The van der Waals surface area contributed by atoms with Crippen molar-refractivity contribution < 1.29 is 14.7 Å². The maximum atomic E-state index is 12.3. The fourth-order valence-corrected chi connectivity index (χ4v) is 3.44. The molecule has 2 N–H and O–H groups in total. The Bertz CT molecular complexity index is 506. The molecule has 1 saturated heterocycles. The number of thiazole rings is 1. The molecular weight excluding hydrogens is 290 g/mol. The Morgan fingerprint density at radius 2 is 2.38 bits per heavy atom. The number of aliphatic carboxylic acids is 1. The predicted molar refractivity (Wildman–Crippen MR) is 80.2 cm³/mol. The van der Waals surface area contributed by atoms with E-state index in [2.05, 4.69) is 10.3 Å². The number of nitrogens with one attached hydrogen (secondary N) is 1. The number of nitrogens with zero attached hydrogens (tertiary/aromatic N) is 2. The number of carboxylic acid groups (broad SMARTS) is 1. The van der Waals surface area contributed by atoms with E-state index in [0.717, 1.165) is 11.4 Å². The van der Waals surface area contributed by atoms with E-state index in [9.17, 15) is 14.7 Å². The lowest BCUT2D eigenvalue weighted by Crippen LogP contribution is -2.42. The minimum atomic E-state index is -0.798. The molecule has 2 unspecified atom stereocenters. The quantitative estimate of drug-likeness (QED) is 0.875. The van der Waals surface area contributed by atoms with E-state index in [1.54, 1.807) is 11.1 Å². The molecule has 116 valence electrons. The Labute approximate surface area is 128 Å². The van der Waals surface area contributed by atoms with Crippen LogP contribution in [0.15, 0.2) is 11.6 Å². The van der Waals surface area contributed by atoms with Gasteiger partial charge >= 0.3 is 12.0 Å². The van der Waals surface area contributed by atoms with Crippen molar-refractivity contribution in [3.63, 3.8) is 0 Å². The molecule has 0 radical (unpaired) electrons. The molecule has 1 aliphatic heterocycles. The number of carboxylic acids is 1. The highest BCUT2D eigenvalue weighted by Crippen LogP contribution is 2.35.